The highest BCUT2D eigenvalue weighted by Crippen LogP contribution is 2.34. The number of fused-ring (bicyclic) bond motifs is 1. The van der Waals surface area contributed by atoms with E-state index in [1.54, 1.807) is 24.5 Å². The average molecular weight is 351 g/mol. The first-order valence-electron chi connectivity index (χ1n) is 7.77. The SMILES string of the molecule is CNSc1ccc(-c2ccnn2C)c(Nc2ncnc3[nH]ccc23)c1. The van der Waals surface area contributed by atoms with E-state index >= 15 is 0 Å². The van der Waals surface area contributed by atoms with Crippen molar-refractivity contribution in [2.75, 3.05) is 12.4 Å². The molecule has 126 valence electrons. The van der Waals surface area contributed by atoms with Gasteiger partial charge in [-0.15, -0.1) is 0 Å². The summed E-state index contributed by atoms with van der Waals surface area (Å²) in [6.45, 7) is 0. The number of aromatic amines is 1. The number of benzene rings is 1. The van der Waals surface area contributed by atoms with E-state index in [-0.39, 0.29) is 0 Å². The van der Waals surface area contributed by atoms with Gasteiger partial charge in [0.1, 0.15) is 17.8 Å². The summed E-state index contributed by atoms with van der Waals surface area (Å²) in [6, 6.07) is 10.2. The van der Waals surface area contributed by atoms with Gasteiger partial charge >= 0.3 is 0 Å². The van der Waals surface area contributed by atoms with Crippen molar-refractivity contribution in [2.24, 2.45) is 7.05 Å². The predicted molar refractivity (Wildman–Crippen MR) is 101 cm³/mol. The van der Waals surface area contributed by atoms with Crippen molar-refractivity contribution < 1.29 is 0 Å². The van der Waals surface area contributed by atoms with Crippen LogP contribution in [-0.2, 0) is 7.05 Å². The van der Waals surface area contributed by atoms with E-state index in [0.29, 0.717) is 0 Å². The minimum Gasteiger partial charge on any atom is -0.346 e. The molecule has 0 aliphatic carbocycles. The van der Waals surface area contributed by atoms with Crippen LogP contribution in [0.25, 0.3) is 22.3 Å². The lowest BCUT2D eigenvalue weighted by Crippen LogP contribution is -2.01. The van der Waals surface area contributed by atoms with Crippen LogP contribution in [0.1, 0.15) is 0 Å². The van der Waals surface area contributed by atoms with Crippen molar-refractivity contribution in [2.45, 2.75) is 4.90 Å². The molecule has 0 spiro atoms. The summed E-state index contributed by atoms with van der Waals surface area (Å²) in [4.78, 5) is 12.9. The number of aromatic nitrogens is 5. The largest absolute Gasteiger partial charge is 0.346 e. The molecule has 4 aromatic rings. The monoisotopic (exact) mass is 351 g/mol. The fourth-order valence-corrected chi connectivity index (χ4v) is 3.32. The summed E-state index contributed by atoms with van der Waals surface area (Å²) < 4.78 is 4.97. The van der Waals surface area contributed by atoms with E-state index in [9.17, 15) is 0 Å². The van der Waals surface area contributed by atoms with Crippen LogP contribution in [0.3, 0.4) is 0 Å². The van der Waals surface area contributed by atoms with Crippen LogP contribution < -0.4 is 10.0 Å². The fraction of sp³-hybridized carbons (Fsp3) is 0.118. The van der Waals surface area contributed by atoms with Crippen LogP contribution in [0.2, 0.25) is 0 Å². The van der Waals surface area contributed by atoms with Crippen LogP contribution >= 0.6 is 11.9 Å². The Kier molecular flexibility index (Phi) is 4.12. The standard InChI is InChI=1S/C17H17N7S/c1-18-25-11-3-4-12(15-6-8-22-24(15)2)14(9-11)23-17-13-5-7-19-16(13)20-10-21-17/h3-10,18H,1-2H3,(H2,19,20,21,23). The molecule has 0 radical (unpaired) electrons. The molecule has 0 aliphatic heterocycles. The second kappa shape index (κ2) is 6.58. The molecule has 3 N–H and O–H groups in total. The first kappa shape index (κ1) is 15.7. The minimum atomic E-state index is 0.765. The van der Waals surface area contributed by atoms with Gasteiger partial charge in [0.05, 0.1) is 16.8 Å². The zero-order valence-corrected chi connectivity index (χ0v) is 14.6. The first-order valence-corrected chi connectivity index (χ1v) is 8.59. The highest BCUT2D eigenvalue weighted by Gasteiger charge is 2.12. The smallest absolute Gasteiger partial charge is 0.143 e. The Morgan fingerprint density at radius 1 is 1.16 bits per heavy atom. The number of rotatable bonds is 5. The molecule has 0 fully saturated rings. The molecule has 0 saturated heterocycles. The summed E-state index contributed by atoms with van der Waals surface area (Å²) in [5.74, 6) is 0.765. The highest BCUT2D eigenvalue weighted by molar-refractivity contribution is 7.97. The lowest BCUT2D eigenvalue weighted by Gasteiger charge is -2.14. The number of hydrogen-bond acceptors (Lipinski definition) is 6. The maximum Gasteiger partial charge on any atom is 0.143 e. The molecule has 0 amide bonds. The van der Waals surface area contributed by atoms with E-state index in [1.165, 1.54) is 0 Å². The van der Waals surface area contributed by atoms with Crippen LogP contribution in [0.15, 0.2) is 53.9 Å². The fourth-order valence-electron chi connectivity index (χ4n) is 2.77. The van der Waals surface area contributed by atoms with Gasteiger partial charge in [-0.3, -0.25) is 9.40 Å². The lowest BCUT2D eigenvalue weighted by atomic mass is 10.1. The van der Waals surface area contributed by atoms with E-state index < -0.39 is 0 Å². The predicted octanol–water partition coefficient (Wildman–Crippen LogP) is 3.33. The number of aryl methyl sites for hydroxylation is 1. The second-order valence-electron chi connectivity index (χ2n) is 5.44. The topological polar surface area (TPSA) is 83.4 Å². The number of anilines is 2. The third kappa shape index (κ3) is 2.97. The third-order valence-corrected chi connectivity index (χ3v) is 4.61. The Labute approximate surface area is 149 Å². The molecule has 0 saturated carbocycles. The molecule has 0 bridgehead atoms. The van der Waals surface area contributed by atoms with Crippen LogP contribution in [0.4, 0.5) is 11.5 Å². The highest BCUT2D eigenvalue weighted by atomic mass is 32.2. The Morgan fingerprint density at radius 3 is 2.88 bits per heavy atom. The van der Waals surface area contributed by atoms with Gasteiger partial charge < -0.3 is 10.3 Å². The normalized spacial score (nSPS) is 11.1. The van der Waals surface area contributed by atoms with E-state index in [1.807, 2.05) is 37.1 Å². The first-order chi connectivity index (χ1) is 12.3. The third-order valence-electron chi connectivity index (χ3n) is 3.91. The van der Waals surface area contributed by atoms with Crippen molar-refractivity contribution in [3.05, 3.63) is 49.1 Å². The van der Waals surface area contributed by atoms with E-state index in [4.69, 9.17) is 0 Å². The van der Waals surface area contributed by atoms with Gasteiger partial charge in [0.2, 0.25) is 0 Å². The quantitative estimate of drug-likeness (QED) is 0.478. The zero-order valence-electron chi connectivity index (χ0n) is 13.8. The molecule has 3 aromatic heterocycles. The Morgan fingerprint density at radius 2 is 2.08 bits per heavy atom. The maximum atomic E-state index is 4.41. The number of hydrogen-bond donors (Lipinski definition) is 3. The zero-order chi connectivity index (χ0) is 17.2. The van der Waals surface area contributed by atoms with Crippen molar-refractivity contribution in [1.82, 2.24) is 29.5 Å². The molecule has 0 unspecified atom stereocenters. The summed E-state index contributed by atoms with van der Waals surface area (Å²) in [7, 11) is 3.84. The summed E-state index contributed by atoms with van der Waals surface area (Å²) >= 11 is 1.56. The molecule has 4 rings (SSSR count). The van der Waals surface area contributed by atoms with E-state index in [0.717, 1.165) is 38.7 Å². The molecule has 25 heavy (non-hydrogen) atoms. The second-order valence-corrected chi connectivity index (χ2v) is 6.52. The van der Waals surface area contributed by atoms with E-state index in [2.05, 4.69) is 48.3 Å². The van der Waals surface area contributed by atoms with Crippen LogP contribution in [0, 0.1) is 0 Å². The number of nitrogens with one attached hydrogen (secondary N) is 3. The maximum absolute atomic E-state index is 4.41. The molecule has 1 aromatic carbocycles. The molecule has 0 atom stereocenters. The van der Waals surface area contributed by atoms with Crippen molar-refractivity contribution >= 4 is 34.5 Å². The van der Waals surface area contributed by atoms with Crippen LogP contribution in [-0.4, -0.2) is 31.8 Å². The lowest BCUT2D eigenvalue weighted by molar-refractivity contribution is 0.776. The van der Waals surface area contributed by atoms with Gasteiger partial charge in [0.15, 0.2) is 0 Å². The Balaban J connectivity index is 1.82. The summed E-state index contributed by atoms with van der Waals surface area (Å²) in [5, 5.41) is 8.69. The molecule has 7 nitrogen and oxygen atoms in total. The van der Waals surface area contributed by atoms with Crippen LogP contribution in [0.5, 0.6) is 0 Å². The number of H-pyrrole nitrogens is 1. The Hall–Kier alpha value is -2.84. The molecule has 3 heterocycles. The van der Waals surface area contributed by atoms with Gasteiger partial charge in [-0.05, 0) is 49.3 Å². The van der Waals surface area contributed by atoms with Gasteiger partial charge in [-0.2, -0.15) is 5.10 Å². The number of nitrogens with zero attached hydrogens (tertiary/aromatic N) is 4. The van der Waals surface area contributed by atoms with Crippen molar-refractivity contribution in [1.29, 1.82) is 0 Å². The van der Waals surface area contributed by atoms with Crippen molar-refractivity contribution in [3.63, 3.8) is 0 Å². The molecule has 0 aliphatic rings. The Bertz CT molecular complexity index is 1020. The van der Waals surface area contributed by atoms with Gasteiger partial charge in [-0.1, -0.05) is 0 Å². The molecular formula is C17H17N7S. The minimum absolute atomic E-state index is 0.765. The molecular weight excluding hydrogens is 334 g/mol. The summed E-state index contributed by atoms with van der Waals surface area (Å²) in [5.41, 5.74) is 3.86. The average Bonchev–Trinajstić information content (AvgIpc) is 3.25. The summed E-state index contributed by atoms with van der Waals surface area (Å²) in [6.07, 6.45) is 5.21. The van der Waals surface area contributed by atoms with Gasteiger partial charge in [0, 0.05) is 29.9 Å². The van der Waals surface area contributed by atoms with Gasteiger partial charge in [-0.25, -0.2) is 9.97 Å². The van der Waals surface area contributed by atoms with Crippen molar-refractivity contribution in [3.8, 4) is 11.3 Å². The van der Waals surface area contributed by atoms with Gasteiger partial charge in [0.25, 0.3) is 0 Å². The molecule has 8 heteroatoms.